The van der Waals surface area contributed by atoms with E-state index in [1.165, 1.54) is 24.5 Å². The Hall–Kier alpha value is -2.57. The molecule has 100 valence electrons. The standard InChI is InChI=1S/C12H14N4O3/c1-7(11-15-13-6-16(11)2)14-12(19)10-8(17)4-3-5-9(10)18/h3-7,17-18H,1-2H3,(H,14,19). The Balaban J connectivity index is 2.20. The van der Waals surface area contributed by atoms with Crippen molar-refractivity contribution < 1.29 is 15.0 Å². The number of carbonyl (C=O) groups is 1. The first-order chi connectivity index (χ1) is 9.00. The summed E-state index contributed by atoms with van der Waals surface area (Å²) in [5.41, 5.74) is -0.156. The second kappa shape index (κ2) is 4.97. The van der Waals surface area contributed by atoms with Gasteiger partial charge in [-0.25, -0.2) is 0 Å². The molecule has 0 spiro atoms. The summed E-state index contributed by atoms with van der Waals surface area (Å²) in [5.74, 6) is -0.556. The number of nitrogens with zero attached hydrogens (tertiary/aromatic N) is 3. The first-order valence-corrected chi connectivity index (χ1v) is 5.66. The molecule has 7 nitrogen and oxygen atoms in total. The Morgan fingerprint density at radius 2 is 2.00 bits per heavy atom. The van der Waals surface area contributed by atoms with Crippen molar-refractivity contribution in [2.75, 3.05) is 0 Å². The monoisotopic (exact) mass is 262 g/mol. The molecule has 2 rings (SSSR count). The van der Waals surface area contributed by atoms with Crippen LogP contribution in [0.15, 0.2) is 24.5 Å². The zero-order chi connectivity index (χ0) is 14.0. The molecule has 1 heterocycles. The summed E-state index contributed by atoms with van der Waals surface area (Å²) in [7, 11) is 1.76. The van der Waals surface area contributed by atoms with Crippen molar-refractivity contribution in [3.8, 4) is 11.5 Å². The largest absolute Gasteiger partial charge is 0.507 e. The molecule has 1 aromatic carbocycles. The van der Waals surface area contributed by atoms with E-state index in [4.69, 9.17) is 0 Å². The van der Waals surface area contributed by atoms with Crippen LogP contribution in [0.1, 0.15) is 29.1 Å². The summed E-state index contributed by atoms with van der Waals surface area (Å²) < 4.78 is 1.68. The number of benzene rings is 1. The summed E-state index contributed by atoms with van der Waals surface area (Å²) >= 11 is 0. The topological polar surface area (TPSA) is 100 Å². The number of aryl methyl sites for hydroxylation is 1. The molecule has 19 heavy (non-hydrogen) atoms. The van der Waals surface area contributed by atoms with Gasteiger partial charge in [-0.3, -0.25) is 4.79 Å². The number of phenolic OH excluding ortho intramolecular Hbond substituents is 2. The normalized spacial score (nSPS) is 12.1. The zero-order valence-corrected chi connectivity index (χ0v) is 10.5. The predicted molar refractivity (Wildman–Crippen MR) is 66.7 cm³/mol. The van der Waals surface area contributed by atoms with E-state index in [0.717, 1.165) is 0 Å². The number of nitrogens with one attached hydrogen (secondary N) is 1. The molecule has 3 N–H and O–H groups in total. The van der Waals surface area contributed by atoms with Crippen LogP contribution in [0.4, 0.5) is 0 Å². The predicted octanol–water partition coefficient (Wildman–Crippen LogP) is 0.717. The van der Waals surface area contributed by atoms with E-state index in [2.05, 4.69) is 15.5 Å². The molecular formula is C12H14N4O3. The van der Waals surface area contributed by atoms with E-state index in [-0.39, 0.29) is 17.1 Å². The Labute approximate surface area is 109 Å². The first-order valence-electron chi connectivity index (χ1n) is 5.66. The van der Waals surface area contributed by atoms with Crippen LogP contribution in [0, 0.1) is 0 Å². The molecule has 0 radical (unpaired) electrons. The molecule has 1 atom stereocenters. The van der Waals surface area contributed by atoms with E-state index >= 15 is 0 Å². The average molecular weight is 262 g/mol. The molecule has 1 aromatic heterocycles. The van der Waals surface area contributed by atoms with Gasteiger partial charge in [-0.1, -0.05) is 6.07 Å². The maximum atomic E-state index is 12.0. The molecule has 7 heteroatoms. The fourth-order valence-electron chi connectivity index (χ4n) is 1.78. The number of carbonyl (C=O) groups excluding carboxylic acids is 1. The van der Waals surface area contributed by atoms with Crippen molar-refractivity contribution in [2.45, 2.75) is 13.0 Å². The molecule has 0 bridgehead atoms. The smallest absolute Gasteiger partial charge is 0.259 e. The van der Waals surface area contributed by atoms with Crippen molar-refractivity contribution >= 4 is 5.91 Å². The van der Waals surface area contributed by atoms with Gasteiger partial charge in [0.1, 0.15) is 23.4 Å². The molecule has 0 saturated carbocycles. The van der Waals surface area contributed by atoms with Gasteiger partial charge in [0.2, 0.25) is 0 Å². The van der Waals surface area contributed by atoms with Crippen molar-refractivity contribution in [3.05, 3.63) is 35.9 Å². The fourth-order valence-corrected chi connectivity index (χ4v) is 1.78. The van der Waals surface area contributed by atoms with Crippen molar-refractivity contribution in [2.24, 2.45) is 7.05 Å². The molecule has 0 aliphatic carbocycles. The van der Waals surface area contributed by atoms with Crippen LogP contribution in [-0.4, -0.2) is 30.9 Å². The van der Waals surface area contributed by atoms with Crippen LogP contribution >= 0.6 is 0 Å². The summed E-state index contributed by atoms with van der Waals surface area (Å²) in [6.07, 6.45) is 1.52. The van der Waals surface area contributed by atoms with Crippen LogP contribution in [0.5, 0.6) is 11.5 Å². The van der Waals surface area contributed by atoms with Gasteiger partial charge < -0.3 is 20.1 Å². The Morgan fingerprint density at radius 3 is 2.53 bits per heavy atom. The maximum absolute atomic E-state index is 12.0. The number of rotatable bonds is 3. The second-order valence-corrected chi connectivity index (χ2v) is 4.17. The van der Waals surface area contributed by atoms with Crippen LogP contribution in [0.25, 0.3) is 0 Å². The Kier molecular flexibility index (Phi) is 3.37. The molecule has 2 aromatic rings. The minimum absolute atomic E-state index is 0.156. The third kappa shape index (κ3) is 2.49. The van der Waals surface area contributed by atoms with Gasteiger partial charge in [-0.2, -0.15) is 0 Å². The highest BCUT2D eigenvalue weighted by molar-refractivity contribution is 5.99. The van der Waals surface area contributed by atoms with E-state index in [9.17, 15) is 15.0 Å². The number of aromatic nitrogens is 3. The second-order valence-electron chi connectivity index (χ2n) is 4.17. The summed E-state index contributed by atoms with van der Waals surface area (Å²) in [6.45, 7) is 1.74. The van der Waals surface area contributed by atoms with Gasteiger partial charge in [-0.15, -0.1) is 10.2 Å². The highest BCUT2D eigenvalue weighted by Gasteiger charge is 2.20. The quantitative estimate of drug-likeness (QED) is 0.756. The highest BCUT2D eigenvalue weighted by Crippen LogP contribution is 2.26. The number of hydrogen-bond donors (Lipinski definition) is 3. The third-order valence-electron chi connectivity index (χ3n) is 2.73. The third-order valence-corrected chi connectivity index (χ3v) is 2.73. The lowest BCUT2D eigenvalue weighted by Crippen LogP contribution is -2.28. The van der Waals surface area contributed by atoms with Crippen molar-refractivity contribution in [1.82, 2.24) is 20.1 Å². The first kappa shape index (κ1) is 12.9. The number of aromatic hydroxyl groups is 2. The maximum Gasteiger partial charge on any atom is 0.259 e. The average Bonchev–Trinajstić information content (AvgIpc) is 2.75. The van der Waals surface area contributed by atoms with Gasteiger partial charge in [0.05, 0.1) is 6.04 Å². The molecule has 1 amide bonds. The minimum atomic E-state index is -0.578. The number of phenols is 2. The summed E-state index contributed by atoms with van der Waals surface area (Å²) in [5, 5.41) is 29.5. The summed E-state index contributed by atoms with van der Waals surface area (Å²) in [4.78, 5) is 12.0. The molecule has 1 unspecified atom stereocenters. The van der Waals surface area contributed by atoms with Gasteiger partial charge in [0.15, 0.2) is 5.82 Å². The van der Waals surface area contributed by atoms with E-state index < -0.39 is 11.9 Å². The minimum Gasteiger partial charge on any atom is -0.507 e. The van der Waals surface area contributed by atoms with Crippen molar-refractivity contribution in [1.29, 1.82) is 0 Å². The fraction of sp³-hybridized carbons (Fsp3) is 0.250. The van der Waals surface area contributed by atoms with Gasteiger partial charge >= 0.3 is 0 Å². The Bertz CT molecular complexity index is 589. The van der Waals surface area contributed by atoms with Crippen molar-refractivity contribution in [3.63, 3.8) is 0 Å². The molecule has 0 aliphatic heterocycles. The van der Waals surface area contributed by atoms with E-state index in [1.807, 2.05) is 0 Å². The van der Waals surface area contributed by atoms with Gasteiger partial charge in [0.25, 0.3) is 5.91 Å². The molecule has 0 saturated heterocycles. The van der Waals surface area contributed by atoms with Crippen LogP contribution in [-0.2, 0) is 7.05 Å². The molecule has 0 aliphatic rings. The molecule has 0 fully saturated rings. The lowest BCUT2D eigenvalue weighted by atomic mass is 10.1. The molecular weight excluding hydrogens is 248 g/mol. The van der Waals surface area contributed by atoms with Crippen LogP contribution in [0.2, 0.25) is 0 Å². The summed E-state index contributed by atoms with van der Waals surface area (Å²) in [6, 6.07) is 3.72. The number of hydrogen-bond acceptors (Lipinski definition) is 5. The van der Waals surface area contributed by atoms with Crippen LogP contribution < -0.4 is 5.32 Å². The zero-order valence-electron chi connectivity index (χ0n) is 10.5. The van der Waals surface area contributed by atoms with Gasteiger partial charge in [0, 0.05) is 7.05 Å². The highest BCUT2D eigenvalue weighted by atomic mass is 16.3. The lowest BCUT2D eigenvalue weighted by molar-refractivity contribution is 0.0932. The Morgan fingerprint density at radius 1 is 1.37 bits per heavy atom. The van der Waals surface area contributed by atoms with E-state index in [1.54, 1.807) is 18.5 Å². The van der Waals surface area contributed by atoms with Crippen LogP contribution in [0.3, 0.4) is 0 Å². The SMILES string of the molecule is CC(NC(=O)c1c(O)cccc1O)c1nncn1C. The van der Waals surface area contributed by atoms with E-state index in [0.29, 0.717) is 5.82 Å². The van der Waals surface area contributed by atoms with Gasteiger partial charge in [-0.05, 0) is 19.1 Å². The number of amides is 1. The lowest BCUT2D eigenvalue weighted by Gasteiger charge is -2.14.